The molecule has 2 aliphatic carbocycles. The van der Waals surface area contributed by atoms with Crippen LogP contribution in [-0.2, 0) is 4.79 Å². The van der Waals surface area contributed by atoms with E-state index in [0.717, 1.165) is 25.7 Å². The molecule has 2 amide bonds. The first-order chi connectivity index (χ1) is 13.1. The number of carbonyl (C=O) groups is 2. The standard InChI is InChI=1S/C21H29N3O2S/c25-19(14-15-8-4-5-9-15)24-21(27)23-18-13-7-6-12-17(18)20(26)22-16-10-2-1-3-11-16/h6-7,12-13,15-16H,1-5,8-11,14H2,(H,22,26)(H2,23,24,25,27). The zero-order valence-electron chi connectivity index (χ0n) is 15.8. The summed E-state index contributed by atoms with van der Waals surface area (Å²) in [5, 5.41) is 9.15. The number of benzene rings is 1. The normalized spacial score (nSPS) is 18.1. The first-order valence-electron chi connectivity index (χ1n) is 10.1. The Hall–Kier alpha value is -1.95. The molecular weight excluding hydrogens is 358 g/mol. The minimum Gasteiger partial charge on any atom is -0.349 e. The summed E-state index contributed by atoms with van der Waals surface area (Å²) in [5.74, 6) is 0.329. The van der Waals surface area contributed by atoms with E-state index < -0.39 is 0 Å². The molecule has 0 atom stereocenters. The fraction of sp³-hybridized carbons (Fsp3) is 0.571. The molecule has 2 saturated carbocycles. The number of nitrogens with one attached hydrogen (secondary N) is 3. The Morgan fingerprint density at radius 1 is 0.963 bits per heavy atom. The fourth-order valence-corrected chi connectivity index (χ4v) is 4.33. The monoisotopic (exact) mass is 387 g/mol. The number of rotatable bonds is 5. The Morgan fingerprint density at radius 3 is 2.37 bits per heavy atom. The summed E-state index contributed by atoms with van der Waals surface area (Å²) in [6, 6.07) is 7.53. The second kappa shape index (κ2) is 9.83. The lowest BCUT2D eigenvalue weighted by molar-refractivity contribution is -0.120. The summed E-state index contributed by atoms with van der Waals surface area (Å²) in [6.45, 7) is 0. The molecule has 5 nitrogen and oxygen atoms in total. The lowest BCUT2D eigenvalue weighted by atomic mass is 9.95. The van der Waals surface area contributed by atoms with Gasteiger partial charge >= 0.3 is 0 Å². The molecule has 0 radical (unpaired) electrons. The van der Waals surface area contributed by atoms with E-state index in [0.29, 0.717) is 23.6 Å². The number of hydrogen-bond acceptors (Lipinski definition) is 3. The number of para-hydroxylation sites is 1. The average Bonchev–Trinajstić information content (AvgIpc) is 3.15. The molecule has 6 heteroatoms. The topological polar surface area (TPSA) is 70.2 Å². The third-order valence-corrected chi connectivity index (χ3v) is 5.77. The van der Waals surface area contributed by atoms with Crippen molar-refractivity contribution >= 4 is 34.8 Å². The number of carbonyl (C=O) groups excluding carboxylic acids is 2. The quantitative estimate of drug-likeness (QED) is 0.664. The molecule has 0 aromatic heterocycles. The lowest BCUT2D eigenvalue weighted by Crippen LogP contribution is -2.38. The van der Waals surface area contributed by atoms with Gasteiger partial charge in [0.2, 0.25) is 5.91 Å². The number of hydrogen-bond donors (Lipinski definition) is 3. The van der Waals surface area contributed by atoms with Crippen molar-refractivity contribution in [3.05, 3.63) is 29.8 Å². The molecule has 1 aromatic carbocycles. The minimum atomic E-state index is -0.0925. The van der Waals surface area contributed by atoms with E-state index in [4.69, 9.17) is 12.2 Å². The molecule has 146 valence electrons. The van der Waals surface area contributed by atoms with Crippen LogP contribution in [0.25, 0.3) is 0 Å². The van der Waals surface area contributed by atoms with Crippen LogP contribution in [0.5, 0.6) is 0 Å². The van der Waals surface area contributed by atoms with Gasteiger partial charge in [0.25, 0.3) is 5.91 Å². The smallest absolute Gasteiger partial charge is 0.253 e. The minimum absolute atomic E-state index is 0.0523. The van der Waals surface area contributed by atoms with Crippen LogP contribution in [0, 0.1) is 5.92 Å². The Bertz CT molecular complexity index is 680. The highest BCUT2D eigenvalue weighted by Crippen LogP contribution is 2.27. The summed E-state index contributed by atoms with van der Waals surface area (Å²) >= 11 is 5.29. The molecule has 0 spiro atoms. The van der Waals surface area contributed by atoms with Crippen LogP contribution in [-0.4, -0.2) is 23.0 Å². The van der Waals surface area contributed by atoms with E-state index >= 15 is 0 Å². The maximum atomic E-state index is 12.7. The van der Waals surface area contributed by atoms with Gasteiger partial charge in [-0.05, 0) is 56.0 Å². The molecule has 27 heavy (non-hydrogen) atoms. The van der Waals surface area contributed by atoms with Crippen LogP contribution >= 0.6 is 12.2 Å². The SMILES string of the molecule is O=C(CC1CCCC1)NC(=S)Nc1ccccc1C(=O)NC1CCCCC1. The molecule has 0 bridgehead atoms. The fourth-order valence-electron chi connectivity index (χ4n) is 4.11. The van der Waals surface area contributed by atoms with E-state index in [1.54, 1.807) is 6.07 Å². The first-order valence-corrected chi connectivity index (χ1v) is 10.5. The van der Waals surface area contributed by atoms with Gasteiger partial charge in [-0.3, -0.25) is 9.59 Å². The Labute approximate surface area is 166 Å². The summed E-state index contributed by atoms with van der Waals surface area (Å²) in [6.07, 6.45) is 10.9. The maximum Gasteiger partial charge on any atom is 0.253 e. The molecule has 0 saturated heterocycles. The van der Waals surface area contributed by atoms with Crippen molar-refractivity contribution < 1.29 is 9.59 Å². The van der Waals surface area contributed by atoms with E-state index in [-0.39, 0.29) is 23.0 Å². The number of amides is 2. The van der Waals surface area contributed by atoms with Gasteiger partial charge in [0.15, 0.2) is 5.11 Å². The predicted molar refractivity (Wildman–Crippen MR) is 112 cm³/mol. The van der Waals surface area contributed by atoms with Crippen molar-refractivity contribution in [3.8, 4) is 0 Å². The van der Waals surface area contributed by atoms with Gasteiger partial charge in [0.05, 0.1) is 11.3 Å². The van der Waals surface area contributed by atoms with Gasteiger partial charge < -0.3 is 16.0 Å². The van der Waals surface area contributed by atoms with Gasteiger partial charge in [-0.15, -0.1) is 0 Å². The van der Waals surface area contributed by atoms with Crippen molar-refractivity contribution in [2.75, 3.05) is 5.32 Å². The van der Waals surface area contributed by atoms with E-state index in [2.05, 4.69) is 16.0 Å². The van der Waals surface area contributed by atoms with Gasteiger partial charge in [0, 0.05) is 12.5 Å². The highest BCUT2D eigenvalue weighted by molar-refractivity contribution is 7.80. The van der Waals surface area contributed by atoms with Gasteiger partial charge in [-0.25, -0.2) is 0 Å². The summed E-state index contributed by atoms with van der Waals surface area (Å²) in [7, 11) is 0. The molecule has 3 N–H and O–H groups in total. The number of anilines is 1. The van der Waals surface area contributed by atoms with E-state index in [1.807, 2.05) is 18.2 Å². The molecule has 0 heterocycles. The molecule has 2 fully saturated rings. The maximum absolute atomic E-state index is 12.7. The van der Waals surface area contributed by atoms with Crippen LogP contribution in [0.3, 0.4) is 0 Å². The summed E-state index contributed by atoms with van der Waals surface area (Å²) in [4.78, 5) is 24.8. The summed E-state index contributed by atoms with van der Waals surface area (Å²) < 4.78 is 0. The largest absolute Gasteiger partial charge is 0.349 e. The van der Waals surface area contributed by atoms with Crippen molar-refractivity contribution in [1.29, 1.82) is 0 Å². The summed E-state index contributed by atoms with van der Waals surface area (Å²) in [5.41, 5.74) is 1.17. The Kier molecular flexibility index (Phi) is 7.21. The van der Waals surface area contributed by atoms with E-state index in [9.17, 15) is 9.59 Å². The van der Waals surface area contributed by atoms with Crippen molar-refractivity contribution in [2.24, 2.45) is 5.92 Å². The molecule has 3 rings (SSSR count). The van der Waals surface area contributed by atoms with Crippen molar-refractivity contribution in [3.63, 3.8) is 0 Å². The highest BCUT2D eigenvalue weighted by Gasteiger charge is 2.20. The molecular formula is C21H29N3O2S. The van der Waals surface area contributed by atoms with Crippen molar-refractivity contribution in [1.82, 2.24) is 10.6 Å². The van der Waals surface area contributed by atoms with Gasteiger partial charge in [0.1, 0.15) is 0 Å². The van der Waals surface area contributed by atoms with Gasteiger partial charge in [-0.2, -0.15) is 0 Å². The zero-order valence-corrected chi connectivity index (χ0v) is 16.6. The van der Waals surface area contributed by atoms with Crippen molar-refractivity contribution in [2.45, 2.75) is 70.3 Å². The third kappa shape index (κ3) is 6.03. The van der Waals surface area contributed by atoms with Crippen LogP contribution < -0.4 is 16.0 Å². The Morgan fingerprint density at radius 2 is 1.63 bits per heavy atom. The third-order valence-electron chi connectivity index (χ3n) is 5.56. The second-order valence-corrected chi connectivity index (χ2v) is 8.12. The van der Waals surface area contributed by atoms with Gasteiger partial charge in [-0.1, -0.05) is 44.2 Å². The first kappa shape index (κ1) is 19.8. The molecule has 2 aliphatic rings. The van der Waals surface area contributed by atoms with Crippen LogP contribution in [0.4, 0.5) is 5.69 Å². The second-order valence-electron chi connectivity index (χ2n) is 7.71. The van der Waals surface area contributed by atoms with Crippen LogP contribution in [0.15, 0.2) is 24.3 Å². The van der Waals surface area contributed by atoms with Crippen LogP contribution in [0.1, 0.15) is 74.6 Å². The average molecular weight is 388 g/mol. The zero-order chi connectivity index (χ0) is 19.1. The molecule has 0 unspecified atom stereocenters. The predicted octanol–water partition coefficient (Wildman–Crippen LogP) is 4.14. The van der Waals surface area contributed by atoms with E-state index in [1.165, 1.54) is 32.1 Å². The molecule has 0 aliphatic heterocycles. The highest BCUT2D eigenvalue weighted by atomic mass is 32.1. The van der Waals surface area contributed by atoms with Crippen LogP contribution in [0.2, 0.25) is 0 Å². The number of thiocarbonyl (C=S) groups is 1. The Balaban J connectivity index is 1.55. The molecule has 1 aromatic rings. The lowest BCUT2D eigenvalue weighted by Gasteiger charge is -2.23.